The molecular weight excluding hydrogens is 258 g/mol. The lowest BCUT2D eigenvalue weighted by Crippen LogP contribution is -2.33. The summed E-state index contributed by atoms with van der Waals surface area (Å²) >= 11 is 0. The highest BCUT2D eigenvalue weighted by molar-refractivity contribution is 6.02. The van der Waals surface area contributed by atoms with Crippen molar-refractivity contribution in [2.24, 2.45) is 0 Å². The van der Waals surface area contributed by atoms with E-state index in [1.54, 1.807) is 12.1 Å². The Morgan fingerprint density at radius 1 is 1.30 bits per heavy atom. The van der Waals surface area contributed by atoms with E-state index in [-0.39, 0.29) is 12.3 Å². The first kappa shape index (κ1) is 14.2. The van der Waals surface area contributed by atoms with E-state index in [9.17, 15) is 9.90 Å². The molecule has 0 aliphatic carbocycles. The Kier molecular flexibility index (Phi) is 3.85. The molecule has 0 aliphatic heterocycles. The summed E-state index contributed by atoms with van der Waals surface area (Å²) in [5.41, 5.74) is 0.487. The van der Waals surface area contributed by atoms with Crippen LogP contribution in [0, 0.1) is 0 Å². The molecule has 0 radical (unpaired) electrons. The molecule has 6 nitrogen and oxygen atoms in total. The highest BCUT2D eigenvalue weighted by Crippen LogP contribution is 2.28. The summed E-state index contributed by atoms with van der Waals surface area (Å²) in [7, 11) is 0. The summed E-state index contributed by atoms with van der Waals surface area (Å²) in [6.07, 6.45) is 0.489. The molecule has 1 aromatic heterocycles. The molecule has 2 aromatic rings. The number of aliphatic hydroxyl groups is 1. The van der Waals surface area contributed by atoms with Gasteiger partial charge in [-0.2, -0.15) is 0 Å². The molecule has 0 spiro atoms. The van der Waals surface area contributed by atoms with E-state index in [0.29, 0.717) is 23.0 Å². The first-order valence-corrected chi connectivity index (χ1v) is 6.32. The number of hydrogen-bond acceptors (Lipinski definition) is 5. The van der Waals surface area contributed by atoms with Crippen LogP contribution in [0.25, 0.3) is 10.9 Å². The zero-order chi connectivity index (χ0) is 14.8. The van der Waals surface area contributed by atoms with Gasteiger partial charge in [0.05, 0.1) is 11.2 Å². The number of carboxylic acids is 1. The van der Waals surface area contributed by atoms with Crippen LogP contribution in [0.3, 0.4) is 0 Å². The number of nitrogens with one attached hydrogen (secondary N) is 1. The van der Waals surface area contributed by atoms with E-state index >= 15 is 0 Å². The van der Waals surface area contributed by atoms with Crippen LogP contribution in [0.5, 0.6) is 0 Å². The number of carbonyl (C=O) groups is 1. The fourth-order valence-corrected chi connectivity index (χ4v) is 2.01. The standard InChI is InChI=1S/C14H17N3O3/c1-14(2,7-8-18)15-11-9-5-3-4-6-10(9)16-17-12(11)13(19)20/h3-6,18H,7-8H2,1-2H3,(H,15,16)(H,19,20). The minimum Gasteiger partial charge on any atom is -0.476 e. The average molecular weight is 275 g/mol. The summed E-state index contributed by atoms with van der Waals surface area (Å²) in [5.74, 6) is -1.13. The third-order valence-electron chi connectivity index (χ3n) is 3.07. The number of aliphatic hydroxyl groups excluding tert-OH is 1. The Balaban J connectivity index is 2.58. The van der Waals surface area contributed by atoms with Crippen LogP contribution in [-0.4, -0.2) is 38.5 Å². The lowest BCUT2D eigenvalue weighted by atomic mass is 9.99. The summed E-state index contributed by atoms with van der Waals surface area (Å²) in [5, 5.41) is 29.9. The van der Waals surface area contributed by atoms with E-state index < -0.39 is 11.5 Å². The van der Waals surface area contributed by atoms with Crippen molar-refractivity contribution < 1.29 is 15.0 Å². The van der Waals surface area contributed by atoms with Crippen molar-refractivity contribution in [3.63, 3.8) is 0 Å². The highest BCUT2D eigenvalue weighted by atomic mass is 16.4. The quantitative estimate of drug-likeness (QED) is 0.771. The van der Waals surface area contributed by atoms with E-state index in [4.69, 9.17) is 5.11 Å². The van der Waals surface area contributed by atoms with Crippen LogP contribution in [0.2, 0.25) is 0 Å². The summed E-state index contributed by atoms with van der Waals surface area (Å²) in [6.45, 7) is 3.80. The molecule has 0 saturated carbocycles. The normalized spacial score (nSPS) is 11.6. The molecule has 0 amide bonds. The third-order valence-corrected chi connectivity index (χ3v) is 3.07. The topological polar surface area (TPSA) is 95.3 Å². The molecule has 2 rings (SSSR count). The second kappa shape index (κ2) is 5.42. The Labute approximate surface area is 116 Å². The number of fused-ring (bicyclic) bond motifs is 1. The molecule has 3 N–H and O–H groups in total. The molecular formula is C14H17N3O3. The predicted molar refractivity (Wildman–Crippen MR) is 75.9 cm³/mol. The summed E-state index contributed by atoms with van der Waals surface area (Å²) < 4.78 is 0. The van der Waals surface area contributed by atoms with Crippen molar-refractivity contribution in [3.05, 3.63) is 30.0 Å². The fourth-order valence-electron chi connectivity index (χ4n) is 2.01. The van der Waals surface area contributed by atoms with E-state index in [1.807, 2.05) is 26.0 Å². The molecule has 0 saturated heterocycles. The molecule has 0 bridgehead atoms. The van der Waals surface area contributed by atoms with Crippen LogP contribution in [0.4, 0.5) is 5.69 Å². The van der Waals surface area contributed by atoms with Crippen molar-refractivity contribution in [2.75, 3.05) is 11.9 Å². The number of benzene rings is 1. The van der Waals surface area contributed by atoms with Gasteiger partial charge < -0.3 is 15.5 Å². The Hall–Kier alpha value is -2.21. The minimum absolute atomic E-state index is 0.0127. The monoisotopic (exact) mass is 275 g/mol. The minimum atomic E-state index is -1.13. The first-order chi connectivity index (χ1) is 9.44. The van der Waals surface area contributed by atoms with Crippen molar-refractivity contribution in [1.29, 1.82) is 0 Å². The van der Waals surface area contributed by atoms with Crippen LogP contribution in [0.1, 0.15) is 30.8 Å². The largest absolute Gasteiger partial charge is 0.476 e. The van der Waals surface area contributed by atoms with Gasteiger partial charge in [0.15, 0.2) is 5.69 Å². The molecule has 6 heteroatoms. The smallest absolute Gasteiger partial charge is 0.358 e. The van der Waals surface area contributed by atoms with Gasteiger partial charge >= 0.3 is 5.97 Å². The number of hydrogen-bond donors (Lipinski definition) is 3. The lowest BCUT2D eigenvalue weighted by Gasteiger charge is -2.27. The van der Waals surface area contributed by atoms with E-state index in [0.717, 1.165) is 0 Å². The van der Waals surface area contributed by atoms with Crippen molar-refractivity contribution in [2.45, 2.75) is 25.8 Å². The Bertz CT molecular complexity index is 641. The molecule has 0 fully saturated rings. The summed E-state index contributed by atoms with van der Waals surface area (Å²) in [4.78, 5) is 11.3. The molecule has 0 unspecified atom stereocenters. The fraction of sp³-hybridized carbons (Fsp3) is 0.357. The molecule has 0 aliphatic rings. The van der Waals surface area contributed by atoms with Gasteiger partial charge in [0.25, 0.3) is 0 Å². The maximum atomic E-state index is 11.3. The molecule has 1 heterocycles. The van der Waals surface area contributed by atoms with Crippen molar-refractivity contribution in [3.8, 4) is 0 Å². The SMILES string of the molecule is CC(C)(CCO)Nc1c(C(=O)O)nnc2ccccc12. The number of rotatable bonds is 5. The van der Waals surface area contributed by atoms with Crippen LogP contribution < -0.4 is 5.32 Å². The van der Waals surface area contributed by atoms with Gasteiger partial charge in [-0.15, -0.1) is 10.2 Å². The maximum Gasteiger partial charge on any atom is 0.358 e. The van der Waals surface area contributed by atoms with Crippen LogP contribution in [-0.2, 0) is 0 Å². The zero-order valence-electron chi connectivity index (χ0n) is 11.4. The molecule has 106 valence electrons. The predicted octanol–water partition coefficient (Wildman–Crippen LogP) is 1.90. The molecule has 0 atom stereocenters. The van der Waals surface area contributed by atoms with Gasteiger partial charge in [-0.25, -0.2) is 4.79 Å². The molecule has 20 heavy (non-hydrogen) atoms. The van der Waals surface area contributed by atoms with E-state index in [2.05, 4.69) is 15.5 Å². The van der Waals surface area contributed by atoms with Gasteiger partial charge in [0, 0.05) is 17.5 Å². The second-order valence-electron chi connectivity index (χ2n) is 5.23. The van der Waals surface area contributed by atoms with Gasteiger partial charge in [0.1, 0.15) is 0 Å². The summed E-state index contributed by atoms with van der Waals surface area (Å²) in [6, 6.07) is 7.21. The number of nitrogens with zero attached hydrogens (tertiary/aromatic N) is 2. The van der Waals surface area contributed by atoms with Gasteiger partial charge in [-0.1, -0.05) is 18.2 Å². The Morgan fingerprint density at radius 2 is 2.00 bits per heavy atom. The van der Waals surface area contributed by atoms with E-state index in [1.165, 1.54) is 0 Å². The number of carboxylic acid groups (broad SMARTS) is 1. The average Bonchev–Trinajstić information content (AvgIpc) is 2.38. The van der Waals surface area contributed by atoms with Gasteiger partial charge in [-0.3, -0.25) is 0 Å². The first-order valence-electron chi connectivity index (χ1n) is 6.32. The zero-order valence-corrected chi connectivity index (χ0v) is 11.4. The highest BCUT2D eigenvalue weighted by Gasteiger charge is 2.23. The van der Waals surface area contributed by atoms with Crippen molar-refractivity contribution >= 4 is 22.6 Å². The second-order valence-corrected chi connectivity index (χ2v) is 5.23. The van der Waals surface area contributed by atoms with Gasteiger partial charge in [0.2, 0.25) is 0 Å². The van der Waals surface area contributed by atoms with Crippen LogP contribution in [0.15, 0.2) is 24.3 Å². The Morgan fingerprint density at radius 3 is 2.65 bits per heavy atom. The number of aromatic nitrogens is 2. The lowest BCUT2D eigenvalue weighted by molar-refractivity contribution is 0.0690. The van der Waals surface area contributed by atoms with Gasteiger partial charge in [-0.05, 0) is 26.3 Å². The third kappa shape index (κ3) is 2.85. The number of aromatic carboxylic acids is 1. The van der Waals surface area contributed by atoms with Crippen LogP contribution >= 0.6 is 0 Å². The van der Waals surface area contributed by atoms with Crippen molar-refractivity contribution in [1.82, 2.24) is 10.2 Å². The number of anilines is 1. The maximum absolute atomic E-state index is 11.3. The molecule has 1 aromatic carbocycles.